The van der Waals surface area contributed by atoms with Crippen molar-refractivity contribution in [1.29, 1.82) is 0 Å². The minimum atomic E-state index is -1.37. The first-order valence-electron chi connectivity index (χ1n) is 19.5. The van der Waals surface area contributed by atoms with Crippen LogP contribution in [0.1, 0.15) is 73.7 Å². The van der Waals surface area contributed by atoms with Crippen molar-refractivity contribution >= 4 is 46.4 Å². The number of amides is 1. The molecule has 1 amide bonds. The molecule has 0 saturated heterocycles. The Morgan fingerprint density at radius 2 is 1.77 bits per heavy atom. The molecule has 5 heterocycles. The lowest BCUT2D eigenvalue weighted by Gasteiger charge is -2.39. The lowest BCUT2D eigenvalue weighted by Crippen LogP contribution is -2.41. The van der Waals surface area contributed by atoms with Crippen molar-refractivity contribution in [2.45, 2.75) is 50.4 Å². The van der Waals surface area contributed by atoms with E-state index < -0.39 is 41.6 Å². The number of ether oxygens (including phenoxy) is 6. The van der Waals surface area contributed by atoms with Gasteiger partial charge in [0.25, 0.3) is 11.5 Å². The lowest BCUT2D eigenvalue weighted by molar-refractivity contribution is -0.139. The number of ketones is 1. The van der Waals surface area contributed by atoms with Crippen LogP contribution >= 0.6 is 0 Å². The number of aliphatic carboxylic acids is 1. The van der Waals surface area contributed by atoms with Gasteiger partial charge in [0.1, 0.15) is 23.5 Å². The molecule has 2 aromatic heterocycles. The van der Waals surface area contributed by atoms with Crippen LogP contribution in [0.15, 0.2) is 47.4 Å². The van der Waals surface area contributed by atoms with Crippen molar-refractivity contribution in [2.24, 2.45) is 0 Å². The standard InChI is InChI=1S/C42H42N8O12/c1-50-14-13-23-25(33-36(61-18-60-33)35(59-4)28(23)31(50)32-24-10-12-27(57-2)34(58-3)29(24)41(56)62-32)15-22(51)9-11-26(40(54)55)47-38(52)19-5-7-20(8-6-19)44-16-21-17-45-37-30(46-21)39(53)49-42(43)48-37/h5-8,10,12,17,26,31-32,44H,9,11,13-16,18H2,1-4H3,(H,47,52)(H,54,55)(H3,43,45,48,49,53). The summed E-state index contributed by atoms with van der Waals surface area (Å²) in [5.41, 5.74) is 9.35. The summed E-state index contributed by atoms with van der Waals surface area (Å²) in [6, 6.07) is 7.84. The number of methoxy groups -OCH3 is 3. The van der Waals surface area contributed by atoms with E-state index in [1.54, 1.807) is 24.3 Å². The minimum Gasteiger partial charge on any atom is -0.493 e. The summed E-state index contributed by atoms with van der Waals surface area (Å²) >= 11 is 0. The number of hydrogen-bond acceptors (Lipinski definition) is 17. The highest BCUT2D eigenvalue weighted by molar-refractivity contribution is 5.98. The summed E-state index contributed by atoms with van der Waals surface area (Å²) in [4.78, 5) is 81.8. The zero-order chi connectivity index (χ0) is 43.8. The summed E-state index contributed by atoms with van der Waals surface area (Å²) in [5, 5.41) is 15.7. The number of aromatic nitrogens is 4. The van der Waals surface area contributed by atoms with Crippen molar-refractivity contribution in [2.75, 3.05) is 52.8 Å². The van der Waals surface area contributed by atoms with Crippen LogP contribution in [0.2, 0.25) is 0 Å². The fraction of sp³-hybridized carbons (Fsp3) is 0.333. The van der Waals surface area contributed by atoms with Crippen molar-refractivity contribution in [3.63, 3.8) is 0 Å². The number of hydrogen-bond donors (Lipinski definition) is 5. The van der Waals surface area contributed by atoms with E-state index in [0.717, 1.165) is 5.56 Å². The monoisotopic (exact) mass is 850 g/mol. The van der Waals surface area contributed by atoms with Gasteiger partial charge in [0.2, 0.25) is 18.5 Å². The number of nitrogen functional groups attached to an aromatic ring is 1. The molecule has 62 heavy (non-hydrogen) atoms. The lowest BCUT2D eigenvalue weighted by atomic mass is 9.82. The third kappa shape index (κ3) is 7.59. The molecule has 3 atom stereocenters. The average Bonchev–Trinajstić information content (AvgIpc) is 3.88. The molecule has 0 aliphatic carbocycles. The smallest absolute Gasteiger partial charge is 0.343 e. The second kappa shape index (κ2) is 16.9. The molecular formula is C42H42N8O12. The van der Waals surface area contributed by atoms with Gasteiger partial charge in [-0.3, -0.25) is 24.3 Å². The van der Waals surface area contributed by atoms with Gasteiger partial charge in [-0.1, -0.05) is 6.07 Å². The number of Topliss-reactive ketones (excluding diaryl/α,β-unsaturated/α-hetero) is 1. The Balaban J connectivity index is 0.961. The van der Waals surface area contributed by atoms with E-state index in [0.29, 0.717) is 64.0 Å². The highest BCUT2D eigenvalue weighted by atomic mass is 16.7. The predicted molar refractivity (Wildman–Crippen MR) is 219 cm³/mol. The Labute approximate surface area is 352 Å². The molecule has 0 saturated carbocycles. The Bertz CT molecular complexity index is 2690. The number of carboxylic acid groups (broad SMARTS) is 1. The summed E-state index contributed by atoms with van der Waals surface area (Å²) in [6.45, 7) is 0.606. The maximum absolute atomic E-state index is 13.8. The van der Waals surface area contributed by atoms with Crippen LogP contribution in [-0.4, -0.2) is 101 Å². The molecular weight excluding hydrogens is 809 g/mol. The molecule has 5 aromatic rings. The number of rotatable bonds is 15. The summed E-state index contributed by atoms with van der Waals surface area (Å²) in [5.74, 6) is -1.17. The highest BCUT2D eigenvalue weighted by Crippen LogP contribution is 2.57. The largest absolute Gasteiger partial charge is 0.493 e. The average molecular weight is 851 g/mol. The normalized spacial score (nSPS) is 16.8. The number of nitrogens with zero attached hydrogens (tertiary/aromatic N) is 4. The fourth-order valence-electron chi connectivity index (χ4n) is 8.19. The number of nitrogens with one attached hydrogen (secondary N) is 3. The molecule has 20 nitrogen and oxygen atoms in total. The SMILES string of the molecule is COc1ccc2c(c1OC)C(=O)OC2C1c2c(c(CC(=O)CCC(NC(=O)c3ccc(NCc4cnc5nc(N)[nH]c(=O)c5n4)cc3)C(=O)O)c3c(c2OC)OCO3)CCN1C. The maximum Gasteiger partial charge on any atom is 0.343 e. The number of carboxylic acids is 1. The molecule has 0 radical (unpaired) electrons. The zero-order valence-corrected chi connectivity index (χ0v) is 34.0. The van der Waals surface area contributed by atoms with Crippen LogP contribution in [0.25, 0.3) is 11.2 Å². The van der Waals surface area contributed by atoms with Crippen LogP contribution in [0, 0.1) is 0 Å². The number of esters is 1. The third-order valence-electron chi connectivity index (χ3n) is 11.1. The minimum absolute atomic E-state index is 0.0405. The second-order valence-electron chi connectivity index (χ2n) is 14.8. The predicted octanol–water partition coefficient (Wildman–Crippen LogP) is 2.88. The second-order valence-corrected chi connectivity index (χ2v) is 14.8. The molecule has 0 bridgehead atoms. The summed E-state index contributed by atoms with van der Waals surface area (Å²) < 4.78 is 34.9. The van der Waals surface area contributed by atoms with E-state index in [4.69, 9.17) is 34.2 Å². The Kier molecular flexibility index (Phi) is 11.2. The quantitative estimate of drug-likeness (QED) is 0.0948. The van der Waals surface area contributed by atoms with Crippen molar-refractivity contribution in [1.82, 2.24) is 30.2 Å². The van der Waals surface area contributed by atoms with E-state index in [1.165, 1.54) is 39.7 Å². The highest BCUT2D eigenvalue weighted by Gasteiger charge is 2.47. The molecule has 3 aliphatic heterocycles. The topological polar surface area (TPSA) is 269 Å². The molecule has 3 aliphatic rings. The van der Waals surface area contributed by atoms with Gasteiger partial charge in [-0.2, -0.15) is 4.98 Å². The molecule has 3 aromatic carbocycles. The summed E-state index contributed by atoms with van der Waals surface area (Å²) in [7, 11) is 6.35. The first kappa shape index (κ1) is 41.3. The summed E-state index contributed by atoms with van der Waals surface area (Å²) in [6.07, 6.45) is 0.680. The van der Waals surface area contributed by atoms with E-state index in [-0.39, 0.29) is 72.4 Å². The van der Waals surface area contributed by atoms with E-state index in [1.807, 2.05) is 11.9 Å². The van der Waals surface area contributed by atoms with Gasteiger partial charge in [-0.25, -0.2) is 19.6 Å². The number of anilines is 2. The van der Waals surface area contributed by atoms with E-state index in [2.05, 4.69) is 30.6 Å². The maximum atomic E-state index is 13.8. The number of benzene rings is 3. The van der Waals surface area contributed by atoms with Gasteiger partial charge in [-0.15, -0.1) is 0 Å². The van der Waals surface area contributed by atoms with Crippen LogP contribution in [0.3, 0.4) is 0 Å². The van der Waals surface area contributed by atoms with Crippen molar-refractivity contribution in [3.8, 4) is 28.7 Å². The van der Waals surface area contributed by atoms with Gasteiger partial charge in [0.15, 0.2) is 34.2 Å². The van der Waals surface area contributed by atoms with E-state index >= 15 is 0 Å². The number of fused-ring (bicyclic) bond motifs is 4. The number of nitrogens with two attached hydrogens (primary N) is 1. The van der Waals surface area contributed by atoms with Gasteiger partial charge in [-0.05, 0) is 55.8 Å². The van der Waals surface area contributed by atoms with Crippen LogP contribution in [0.4, 0.5) is 11.6 Å². The molecule has 20 heteroatoms. The molecule has 8 rings (SSSR count). The Hall–Kier alpha value is -7.48. The van der Waals surface area contributed by atoms with Crippen LogP contribution < -0.4 is 45.6 Å². The van der Waals surface area contributed by atoms with Crippen LogP contribution in [-0.2, 0) is 33.7 Å². The van der Waals surface area contributed by atoms with Crippen molar-refractivity contribution in [3.05, 3.63) is 92.0 Å². The van der Waals surface area contributed by atoms with Gasteiger partial charge >= 0.3 is 11.9 Å². The number of likely N-dealkylation sites (N-methyl/N-ethyl adjacent to an activating group) is 1. The molecule has 6 N–H and O–H groups in total. The fourth-order valence-corrected chi connectivity index (χ4v) is 8.19. The number of H-pyrrole nitrogens is 1. The number of carbonyl (C=O) groups excluding carboxylic acids is 3. The van der Waals surface area contributed by atoms with Gasteiger partial charge in [0, 0.05) is 47.3 Å². The van der Waals surface area contributed by atoms with Crippen molar-refractivity contribution < 1.29 is 52.7 Å². The van der Waals surface area contributed by atoms with Gasteiger partial charge in [0.05, 0.1) is 45.8 Å². The molecule has 322 valence electrons. The Morgan fingerprint density at radius 3 is 2.50 bits per heavy atom. The third-order valence-corrected chi connectivity index (χ3v) is 11.1. The number of cyclic esters (lactones) is 1. The van der Waals surface area contributed by atoms with Crippen LogP contribution in [0.5, 0.6) is 28.7 Å². The number of aromatic amines is 1. The molecule has 0 spiro atoms. The first-order chi connectivity index (χ1) is 29.9. The molecule has 0 fully saturated rings. The Morgan fingerprint density at radius 1 is 1.02 bits per heavy atom. The molecule has 3 unspecified atom stereocenters. The van der Waals surface area contributed by atoms with Gasteiger partial charge < -0.3 is 49.9 Å². The zero-order valence-electron chi connectivity index (χ0n) is 34.0. The number of carbonyl (C=O) groups is 4. The first-order valence-corrected chi connectivity index (χ1v) is 19.5. The van der Waals surface area contributed by atoms with E-state index in [9.17, 15) is 29.1 Å².